The van der Waals surface area contributed by atoms with Gasteiger partial charge in [0.15, 0.2) is 0 Å². The van der Waals surface area contributed by atoms with E-state index in [1.54, 1.807) is 6.92 Å². The molecule has 0 bridgehead atoms. The first kappa shape index (κ1) is 17.5. The maximum atomic E-state index is 11.9. The fourth-order valence-electron chi connectivity index (χ4n) is 2.18. The van der Waals surface area contributed by atoms with Crippen molar-refractivity contribution in [2.75, 3.05) is 19.8 Å². The van der Waals surface area contributed by atoms with E-state index in [2.05, 4.69) is 10.6 Å². The Morgan fingerprint density at radius 1 is 1.17 bits per heavy atom. The van der Waals surface area contributed by atoms with E-state index in [0.717, 1.165) is 5.56 Å². The van der Waals surface area contributed by atoms with Crippen LogP contribution in [-0.2, 0) is 25.5 Å². The zero-order valence-electron chi connectivity index (χ0n) is 13.5. The molecule has 0 atom stereocenters. The minimum Gasteiger partial charge on any atom is -0.463 e. The van der Waals surface area contributed by atoms with Crippen LogP contribution in [0.1, 0.15) is 18.9 Å². The van der Waals surface area contributed by atoms with E-state index in [-0.39, 0.29) is 37.4 Å². The molecular weight excluding hydrogens is 312 g/mol. The molecule has 0 unspecified atom stereocenters. The van der Waals surface area contributed by atoms with E-state index < -0.39 is 18.0 Å². The van der Waals surface area contributed by atoms with Gasteiger partial charge in [0, 0.05) is 6.42 Å². The van der Waals surface area contributed by atoms with Crippen LogP contribution in [0, 0.1) is 0 Å². The highest BCUT2D eigenvalue weighted by Gasteiger charge is 2.24. The van der Waals surface area contributed by atoms with E-state index in [9.17, 15) is 14.4 Å². The largest absolute Gasteiger partial charge is 0.463 e. The normalized spacial score (nSPS) is 13.8. The van der Waals surface area contributed by atoms with Gasteiger partial charge in [-0.2, -0.15) is 0 Å². The average Bonchev–Trinajstić information content (AvgIpc) is 2.59. The zero-order chi connectivity index (χ0) is 17.4. The third kappa shape index (κ3) is 5.12. The molecule has 2 amide bonds. The van der Waals surface area contributed by atoms with E-state index in [1.807, 2.05) is 30.3 Å². The molecule has 2 N–H and O–H groups in total. The number of nitrogens with one attached hydrogen (secondary N) is 2. The standard InChI is InChI=1S/C17H20N2O5/c1-2-23-16(21)13-10-18-17(22)19-14(13)11-24-15(20)9-8-12-6-4-3-5-7-12/h3-7H,2,8-11H2,1H3,(H2,18,19,22). The lowest BCUT2D eigenvalue weighted by atomic mass is 10.1. The third-order valence-corrected chi connectivity index (χ3v) is 3.41. The Kier molecular flexibility index (Phi) is 6.36. The summed E-state index contributed by atoms with van der Waals surface area (Å²) in [5.74, 6) is -0.942. The van der Waals surface area contributed by atoms with Gasteiger partial charge in [-0.3, -0.25) is 4.79 Å². The smallest absolute Gasteiger partial charge is 0.337 e. The van der Waals surface area contributed by atoms with E-state index >= 15 is 0 Å². The summed E-state index contributed by atoms with van der Waals surface area (Å²) in [6.45, 7) is 1.79. The van der Waals surface area contributed by atoms with Gasteiger partial charge >= 0.3 is 18.0 Å². The molecule has 0 aliphatic carbocycles. The molecule has 0 saturated carbocycles. The second-order valence-electron chi connectivity index (χ2n) is 5.13. The number of hydrogen-bond acceptors (Lipinski definition) is 5. The first-order valence-corrected chi connectivity index (χ1v) is 7.73. The Balaban J connectivity index is 1.90. The number of esters is 2. The molecule has 0 aromatic heterocycles. The molecule has 128 valence electrons. The number of ether oxygens (including phenoxy) is 2. The number of amides is 2. The highest BCUT2D eigenvalue weighted by Crippen LogP contribution is 2.10. The van der Waals surface area contributed by atoms with Gasteiger partial charge in [0.05, 0.1) is 24.4 Å². The van der Waals surface area contributed by atoms with Crippen molar-refractivity contribution < 1.29 is 23.9 Å². The van der Waals surface area contributed by atoms with Crippen LogP contribution in [0.2, 0.25) is 0 Å². The average molecular weight is 332 g/mol. The first-order chi connectivity index (χ1) is 11.6. The molecule has 0 fully saturated rings. The summed E-state index contributed by atoms with van der Waals surface area (Å²) in [6, 6.07) is 9.14. The molecule has 24 heavy (non-hydrogen) atoms. The van der Waals surface area contributed by atoms with E-state index in [0.29, 0.717) is 6.42 Å². The quantitative estimate of drug-likeness (QED) is 0.734. The van der Waals surface area contributed by atoms with Crippen LogP contribution < -0.4 is 10.6 Å². The Morgan fingerprint density at radius 2 is 1.92 bits per heavy atom. The molecular formula is C17H20N2O5. The Hall–Kier alpha value is -2.83. The number of carbonyl (C=O) groups is 3. The zero-order valence-corrected chi connectivity index (χ0v) is 13.5. The maximum Gasteiger partial charge on any atom is 0.337 e. The highest BCUT2D eigenvalue weighted by atomic mass is 16.5. The molecule has 7 nitrogen and oxygen atoms in total. The topological polar surface area (TPSA) is 93.7 Å². The maximum absolute atomic E-state index is 11.9. The number of benzene rings is 1. The van der Waals surface area contributed by atoms with Gasteiger partial charge in [-0.05, 0) is 18.9 Å². The number of aryl methyl sites for hydroxylation is 1. The number of urea groups is 1. The Bertz CT molecular complexity index is 640. The first-order valence-electron chi connectivity index (χ1n) is 7.73. The lowest BCUT2D eigenvalue weighted by molar-refractivity contribution is -0.143. The van der Waals surface area contributed by atoms with Crippen LogP contribution in [0.25, 0.3) is 0 Å². The highest BCUT2D eigenvalue weighted by molar-refractivity contribution is 5.93. The van der Waals surface area contributed by atoms with Crippen molar-refractivity contribution in [3.05, 3.63) is 47.2 Å². The summed E-state index contributed by atoms with van der Waals surface area (Å²) in [6.07, 6.45) is 0.787. The van der Waals surface area contributed by atoms with Crippen LogP contribution in [0.3, 0.4) is 0 Å². The minimum atomic E-state index is -0.541. The molecule has 1 aromatic rings. The number of hydrogen-bond donors (Lipinski definition) is 2. The molecule has 1 aromatic carbocycles. The molecule has 0 saturated heterocycles. The Labute approximate surface area is 140 Å². The van der Waals surface area contributed by atoms with Crippen molar-refractivity contribution in [3.8, 4) is 0 Å². The molecule has 1 aliphatic heterocycles. The third-order valence-electron chi connectivity index (χ3n) is 3.41. The second kappa shape index (κ2) is 8.71. The molecule has 0 spiro atoms. The van der Waals surface area contributed by atoms with Crippen LogP contribution >= 0.6 is 0 Å². The lowest BCUT2D eigenvalue weighted by Gasteiger charge is -2.21. The van der Waals surface area contributed by atoms with Crippen molar-refractivity contribution in [1.29, 1.82) is 0 Å². The molecule has 2 rings (SSSR count). The van der Waals surface area contributed by atoms with Gasteiger partial charge in [0.25, 0.3) is 0 Å². The predicted octanol–water partition coefficient (Wildman–Crippen LogP) is 1.29. The number of rotatable bonds is 7. The molecule has 1 aliphatic rings. The van der Waals surface area contributed by atoms with Crippen LogP contribution in [0.15, 0.2) is 41.6 Å². The summed E-state index contributed by atoms with van der Waals surface area (Å²) in [7, 11) is 0. The van der Waals surface area contributed by atoms with Gasteiger partial charge in [0.2, 0.25) is 0 Å². The fourth-order valence-corrected chi connectivity index (χ4v) is 2.18. The van der Waals surface area contributed by atoms with Crippen molar-refractivity contribution >= 4 is 18.0 Å². The van der Waals surface area contributed by atoms with Crippen molar-refractivity contribution in [2.24, 2.45) is 0 Å². The van der Waals surface area contributed by atoms with Crippen molar-refractivity contribution in [2.45, 2.75) is 19.8 Å². The number of carbonyl (C=O) groups excluding carboxylic acids is 3. The fraction of sp³-hybridized carbons (Fsp3) is 0.353. The molecule has 1 heterocycles. The van der Waals surface area contributed by atoms with Gasteiger partial charge in [-0.15, -0.1) is 0 Å². The van der Waals surface area contributed by atoms with E-state index in [1.165, 1.54) is 0 Å². The van der Waals surface area contributed by atoms with Gasteiger partial charge in [0.1, 0.15) is 6.61 Å². The summed E-state index contributed by atoms with van der Waals surface area (Å²) in [5, 5.41) is 4.97. The molecule has 7 heteroatoms. The molecule has 0 radical (unpaired) electrons. The van der Waals surface area contributed by atoms with Crippen LogP contribution in [0.4, 0.5) is 4.79 Å². The van der Waals surface area contributed by atoms with Gasteiger partial charge in [-0.25, -0.2) is 9.59 Å². The van der Waals surface area contributed by atoms with Crippen molar-refractivity contribution in [3.63, 3.8) is 0 Å². The summed E-state index contributed by atoms with van der Waals surface area (Å²) in [5.41, 5.74) is 1.55. The minimum absolute atomic E-state index is 0.0432. The van der Waals surface area contributed by atoms with Gasteiger partial charge < -0.3 is 20.1 Å². The summed E-state index contributed by atoms with van der Waals surface area (Å²) in [4.78, 5) is 35.1. The summed E-state index contributed by atoms with van der Waals surface area (Å²) < 4.78 is 10.1. The van der Waals surface area contributed by atoms with Crippen molar-refractivity contribution in [1.82, 2.24) is 10.6 Å². The van der Waals surface area contributed by atoms with E-state index in [4.69, 9.17) is 9.47 Å². The SMILES string of the molecule is CCOC(=O)C1=C(COC(=O)CCc2ccccc2)NC(=O)NC1. The Morgan fingerprint density at radius 3 is 2.62 bits per heavy atom. The van der Waals surface area contributed by atoms with Gasteiger partial charge in [-0.1, -0.05) is 30.3 Å². The van der Waals surface area contributed by atoms with Crippen LogP contribution in [0.5, 0.6) is 0 Å². The monoisotopic (exact) mass is 332 g/mol. The predicted molar refractivity (Wildman–Crippen MR) is 85.9 cm³/mol. The van der Waals surface area contributed by atoms with Crippen LogP contribution in [-0.4, -0.2) is 37.7 Å². The summed E-state index contributed by atoms with van der Waals surface area (Å²) >= 11 is 0. The second-order valence-corrected chi connectivity index (χ2v) is 5.13. The lowest BCUT2D eigenvalue weighted by Crippen LogP contribution is -2.45.